The lowest BCUT2D eigenvalue weighted by Crippen LogP contribution is -2.27. The van der Waals surface area contributed by atoms with Crippen LogP contribution in [0.5, 0.6) is 0 Å². The van der Waals surface area contributed by atoms with Gasteiger partial charge < -0.3 is 11.1 Å². The minimum absolute atomic E-state index is 0.0118. The normalized spacial score (nSPS) is 12.3. The number of benzene rings is 1. The number of aromatic nitrogens is 4. The fourth-order valence-corrected chi connectivity index (χ4v) is 3.29. The molecule has 0 saturated heterocycles. The number of hydrogen-bond donors (Lipinski definition) is 2. The van der Waals surface area contributed by atoms with Gasteiger partial charge in [0.05, 0.1) is 6.04 Å². The van der Waals surface area contributed by atoms with E-state index in [4.69, 9.17) is 5.73 Å². The molecular weight excluding hydrogens is 328 g/mol. The summed E-state index contributed by atoms with van der Waals surface area (Å²) in [5.41, 5.74) is 10.7. The zero-order valence-electron chi connectivity index (χ0n) is 15.6. The largest absolute Gasteiger partial charge is 0.366 e. The summed E-state index contributed by atoms with van der Waals surface area (Å²) >= 11 is 0. The third kappa shape index (κ3) is 3.51. The topological polar surface area (TPSA) is 98.2 Å². The Morgan fingerprint density at radius 2 is 1.96 bits per heavy atom. The van der Waals surface area contributed by atoms with Crippen LogP contribution in [0.4, 0.5) is 5.95 Å². The Hall–Kier alpha value is -2.96. The number of nitrogens with two attached hydrogens (primary N) is 1. The Balaban J connectivity index is 1.70. The first-order chi connectivity index (χ1) is 12.4. The maximum atomic E-state index is 12.4. The Kier molecular flexibility index (Phi) is 4.88. The highest BCUT2D eigenvalue weighted by Crippen LogP contribution is 2.18. The average Bonchev–Trinajstić information content (AvgIpc) is 2.95. The molecule has 26 heavy (non-hydrogen) atoms. The number of rotatable bonds is 5. The minimum atomic E-state index is -0.0263. The number of carbonyl (C=O) groups excluding carboxylic acids is 1. The summed E-state index contributed by atoms with van der Waals surface area (Å²) in [5.74, 6) is 0.693. The Labute approximate surface area is 152 Å². The first-order valence-corrected chi connectivity index (χ1v) is 8.70. The van der Waals surface area contributed by atoms with Gasteiger partial charge in [0.1, 0.15) is 0 Å². The van der Waals surface area contributed by atoms with Gasteiger partial charge in [-0.1, -0.05) is 24.3 Å². The highest BCUT2D eigenvalue weighted by Gasteiger charge is 2.15. The van der Waals surface area contributed by atoms with Gasteiger partial charge in [-0.3, -0.25) is 4.79 Å². The van der Waals surface area contributed by atoms with E-state index < -0.39 is 0 Å². The molecule has 3 N–H and O–H groups in total. The van der Waals surface area contributed by atoms with Crippen molar-refractivity contribution < 1.29 is 4.79 Å². The number of aryl methyl sites for hydroxylation is 3. The molecular formula is C19H24N6O. The molecule has 7 heteroatoms. The number of nitrogens with zero attached hydrogens (tertiary/aromatic N) is 4. The van der Waals surface area contributed by atoms with Crippen LogP contribution < -0.4 is 11.1 Å². The molecule has 3 aromatic rings. The molecule has 0 aliphatic heterocycles. The summed E-state index contributed by atoms with van der Waals surface area (Å²) in [5, 5.41) is 7.23. The average molecular weight is 352 g/mol. The van der Waals surface area contributed by atoms with Crippen LogP contribution in [-0.4, -0.2) is 25.5 Å². The van der Waals surface area contributed by atoms with Crippen LogP contribution in [0.1, 0.15) is 47.5 Å². The van der Waals surface area contributed by atoms with Crippen molar-refractivity contribution in [3.8, 4) is 0 Å². The summed E-state index contributed by atoms with van der Waals surface area (Å²) in [6.45, 7) is 7.91. The van der Waals surface area contributed by atoms with Crippen LogP contribution in [0.15, 0.2) is 24.3 Å². The van der Waals surface area contributed by atoms with Crippen LogP contribution in [0.2, 0.25) is 0 Å². The van der Waals surface area contributed by atoms with Gasteiger partial charge in [-0.2, -0.15) is 9.50 Å². The molecule has 0 radical (unpaired) electrons. The van der Waals surface area contributed by atoms with Crippen molar-refractivity contribution in [2.24, 2.45) is 0 Å². The highest BCUT2D eigenvalue weighted by atomic mass is 16.1. The number of anilines is 1. The van der Waals surface area contributed by atoms with E-state index in [-0.39, 0.29) is 17.9 Å². The SMILES string of the molecule is Cc1ccccc1C(C)NC(=O)CCc1c(C)nc2nc(N)nn2c1C. The maximum absolute atomic E-state index is 12.4. The molecule has 0 fully saturated rings. The van der Waals surface area contributed by atoms with Gasteiger partial charge in [0.15, 0.2) is 0 Å². The highest BCUT2D eigenvalue weighted by molar-refractivity contribution is 5.76. The molecule has 2 aromatic heterocycles. The lowest BCUT2D eigenvalue weighted by atomic mass is 10.0. The number of carbonyl (C=O) groups is 1. The standard InChI is InChI=1S/C19H24N6O/c1-11-7-5-6-8-15(11)12(2)21-17(26)10-9-16-13(3)22-19-23-18(20)24-25(19)14(16)4/h5-8,12H,9-10H2,1-4H3,(H2,20,24)(H,21,26). The van der Waals surface area contributed by atoms with Crippen molar-refractivity contribution in [3.05, 3.63) is 52.3 Å². The third-order valence-electron chi connectivity index (χ3n) is 4.70. The summed E-state index contributed by atoms with van der Waals surface area (Å²) in [6, 6.07) is 8.06. The predicted molar refractivity (Wildman–Crippen MR) is 101 cm³/mol. The number of nitrogens with one attached hydrogen (secondary N) is 1. The Bertz CT molecular complexity index is 962. The number of amides is 1. The number of fused-ring (bicyclic) bond motifs is 1. The van der Waals surface area contributed by atoms with Crippen LogP contribution in [0.3, 0.4) is 0 Å². The van der Waals surface area contributed by atoms with Crippen molar-refractivity contribution >= 4 is 17.6 Å². The van der Waals surface area contributed by atoms with E-state index in [1.54, 1.807) is 4.52 Å². The van der Waals surface area contributed by atoms with Crippen molar-refractivity contribution in [1.29, 1.82) is 0 Å². The van der Waals surface area contributed by atoms with E-state index >= 15 is 0 Å². The van der Waals surface area contributed by atoms with Gasteiger partial charge >= 0.3 is 0 Å². The molecule has 2 heterocycles. The van der Waals surface area contributed by atoms with Crippen LogP contribution in [0, 0.1) is 20.8 Å². The fraction of sp³-hybridized carbons (Fsp3) is 0.368. The third-order valence-corrected chi connectivity index (χ3v) is 4.70. The van der Waals surface area contributed by atoms with Crippen molar-refractivity contribution in [2.45, 2.75) is 46.6 Å². The van der Waals surface area contributed by atoms with E-state index in [2.05, 4.69) is 33.4 Å². The summed E-state index contributed by atoms with van der Waals surface area (Å²) in [4.78, 5) is 20.9. The van der Waals surface area contributed by atoms with Gasteiger partial charge in [0.2, 0.25) is 11.9 Å². The van der Waals surface area contributed by atoms with Gasteiger partial charge in [-0.25, -0.2) is 4.98 Å². The first kappa shape index (κ1) is 17.8. The molecule has 1 aromatic carbocycles. The molecule has 1 amide bonds. The maximum Gasteiger partial charge on any atom is 0.254 e. The lowest BCUT2D eigenvalue weighted by molar-refractivity contribution is -0.121. The Morgan fingerprint density at radius 3 is 2.69 bits per heavy atom. The zero-order valence-corrected chi connectivity index (χ0v) is 15.6. The van der Waals surface area contributed by atoms with Crippen molar-refractivity contribution in [2.75, 3.05) is 5.73 Å². The second-order valence-corrected chi connectivity index (χ2v) is 6.59. The number of nitrogen functional groups attached to an aromatic ring is 1. The molecule has 0 aliphatic carbocycles. The predicted octanol–water partition coefficient (Wildman–Crippen LogP) is 2.44. The van der Waals surface area contributed by atoms with E-state index in [9.17, 15) is 4.79 Å². The van der Waals surface area contributed by atoms with Crippen molar-refractivity contribution in [1.82, 2.24) is 24.9 Å². The molecule has 0 spiro atoms. The van der Waals surface area contributed by atoms with Crippen LogP contribution in [0.25, 0.3) is 5.78 Å². The summed E-state index contributed by atoms with van der Waals surface area (Å²) in [7, 11) is 0. The molecule has 1 atom stereocenters. The first-order valence-electron chi connectivity index (χ1n) is 8.70. The molecule has 1 unspecified atom stereocenters. The minimum Gasteiger partial charge on any atom is -0.366 e. The molecule has 136 valence electrons. The zero-order chi connectivity index (χ0) is 18.8. The summed E-state index contributed by atoms with van der Waals surface area (Å²) < 4.78 is 1.63. The van der Waals surface area contributed by atoms with Gasteiger partial charge in [-0.05, 0) is 50.8 Å². The Morgan fingerprint density at radius 1 is 1.23 bits per heavy atom. The molecule has 7 nitrogen and oxygen atoms in total. The van der Waals surface area contributed by atoms with Gasteiger partial charge in [0.25, 0.3) is 5.78 Å². The monoisotopic (exact) mass is 352 g/mol. The van der Waals surface area contributed by atoms with Crippen LogP contribution in [-0.2, 0) is 11.2 Å². The second kappa shape index (κ2) is 7.11. The molecule has 0 aliphatic rings. The second-order valence-electron chi connectivity index (χ2n) is 6.59. The number of hydrogen-bond acceptors (Lipinski definition) is 5. The molecule has 0 bridgehead atoms. The van der Waals surface area contributed by atoms with Crippen LogP contribution >= 0.6 is 0 Å². The molecule has 3 rings (SSSR count). The van der Waals surface area contributed by atoms with E-state index in [1.165, 1.54) is 5.56 Å². The lowest BCUT2D eigenvalue weighted by Gasteiger charge is -2.17. The fourth-order valence-electron chi connectivity index (χ4n) is 3.29. The quantitative estimate of drug-likeness (QED) is 0.735. The molecule has 0 saturated carbocycles. The van der Waals surface area contributed by atoms with Gasteiger partial charge in [-0.15, -0.1) is 5.10 Å². The summed E-state index contributed by atoms with van der Waals surface area (Å²) in [6.07, 6.45) is 0.974. The van der Waals surface area contributed by atoms with Gasteiger partial charge in [0, 0.05) is 17.8 Å². The van der Waals surface area contributed by atoms with E-state index in [0.29, 0.717) is 18.6 Å². The smallest absolute Gasteiger partial charge is 0.254 e. The van der Waals surface area contributed by atoms with E-state index in [0.717, 1.165) is 22.5 Å². The van der Waals surface area contributed by atoms with Crippen molar-refractivity contribution in [3.63, 3.8) is 0 Å². The van der Waals surface area contributed by atoms with E-state index in [1.807, 2.05) is 39.0 Å².